The molecule has 2 saturated carbocycles. The topological polar surface area (TPSA) is 15.5 Å². The van der Waals surface area contributed by atoms with Gasteiger partial charge >= 0.3 is 0 Å². The predicted molar refractivity (Wildman–Crippen MR) is 394 cm³/mol. The molecule has 0 spiro atoms. The zero-order valence-electron chi connectivity index (χ0n) is 57.4. The van der Waals surface area contributed by atoms with Crippen LogP contribution in [0, 0.1) is 34.6 Å². The zero-order chi connectivity index (χ0) is 65.5. The lowest BCUT2D eigenvalue weighted by Crippen LogP contribution is -2.30. The summed E-state index contributed by atoms with van der Waals surface area (Å²) in [7, 11) is 8.51. The molecule has 4 heterocycles. The van der Waals surface area contributed by atoms with Gasteiger partial charge in [0, 0.05) is 68.8 Å². The van der Waals surface area contributed by atoms with E-state index in [0.29, 0.717) is 0 Å². The Morgan fingerprint density at radius 3 is 0.894 bits per heavy atom. The van der Waals surface area contributed by atoms with Gasteiger partial charge in [0.25, 0.3) is 0 Å². The Bertz CT molecular complexity index is 4500. The van der Waals surface area contributed by atoms with E-state index in [0.717, 1.165) is 18.3 Å². The van der Waals surface area contributed by atoms with E-state index in [1.54, 1.807) is 0 Å². The van der Waals surface area contributed by atoms with Crippen LogP contribution in [0.3, 0.4) is 0 Å². The molecule has 0 unspecified atom stereocenters. The Morgan fingerprint density at radius 2 is 0.574 bits per heavy atom. The van der Waals surface area contributed by atoms with Crippen molar-refractivity contribution in [3.05, 3.63) is 312 Å². The molecule has 94 heavy (non-hydrogen) atoms. The summed E-state index contributed by atoms with van der Waals surface area (Å²) in [6.45, 7) is 13.0. The van der Waals surface area contributed by atoms with Crippen LogP contribution < -0.4 is 18.3 Å². The third kappa shape index (κ3) is 16.2. The van der Waals surface area contributed by atoms with Crippen molar-refractivity contribution < 1.29 is 18.3 Å². The largest absolute Gasteiger partial charge is 0.212 e. The second-order valence-corrected chi connectivity index (χ2v) is 26.4. The summed E-state index contributed by atoms with van der Waals surface area (Å²) in [6, 6.07) is 88.0. The minimum Gasteiger partial charge on any atom is -0.200 e. The fraction of sp³-hybridized carbons (Fsp3) is 0.244. The third-order valence-corrected chi connectivity index (χ3v) is 19.6. The second kappa shape index (κ2) is 31.3. The first-order valence-electron chi connectivity index (χ1n) is 34.4. The van der Waals surface area contributed by atoms with Gasteiger partial charge in [0.05, 0.1) is 0 Å². The van der Waals surface area contributed by atoms with Gasteiger partial charge in [-0.05, 0) is 188 Å². The molecular formula is C90H96N4+4. The van der Waals surface area contributed by atoms with Crippen LogP contribution in [0.25, 0.3) is 89.5 Å². The van der Waals surface area contributed by atoms with Crippen LogP contribution in [0.15, 0.2) is 267 Å². The smallest absolute Gasteiger partial charge is 0.200 e. The Kier molecular flexibility index (Phi) is 21.9. The van der Waals surface area contributed by atoms with E-state index in [2.05, 4.69) is 355 Å². The van der Waals surface area contributed by atoms with Crippen LogP contribution in [0.4, 0.5) is 0 Å². The Labute approximate surface area is 562 Å². The molecule has 2 aliphatic carbocycles. The van der Waals surface area contributed by atoms with Gasteiger partial charge in [0.15, 0.2) is 24.8 Å². The summed E-state index contributed by atoms with van der Waals surface area (Å²) >= 11 is 0. The Balaban J connectivity index is 0.000000128. The fourth-order valence-corrected chi connectivity index (χ4v) is 14.1. The highest BCUT2D eigenvalue weighted by molar-refractivity contribution is 5.71. The summed E-state index contributed by atoms with van der Waals surface area (Å²) in [5.41, 5.74) is 31.3. The maximum Gasteiger partial charge on any atom is 0.212 e. The summed E-state index contributed by atoms with van der Waals surface area (Å²) < 4.78 is 8.91. The Hall–Kier alpha value is -9.64. The first kappa shape index (κ1) is 65.8. The number of aryl methyl sites for hydroxylation is 10. The molecule has 0 N–H and O–H groups in total. The first-order valence-corrected chi connectivity index (χ1v) is 34.4. The van der Waals surface area contributed by atoms with Crippen molar-refractivity contribution in [1.29, 1.82) is 0 Å². The lowest BCUT2D eigenvalue weighted by atomic mass is 9.84. The summed E-state index contributed by atoms with van der Waals surface area (Å²) in [4.78, 5) is 0. The van der Waals surface area contributed by atoms with Crippen LogP contribution in [0.1, 0.15) is 121 Å². The van der Waals surface area contributed by atoms with E-state index in [9.17, 15) is 0 Å². The Morgan fingerprint density at radius 1 is 0.277 bits per heavy atom. The van der Waals surface area contributed by atoms with Crippen molar-refractivity contribution in [3.63, 3.8) is 0 Å². The highest BCUT2D eigenvalue weighted by Gasteiger charge is 2.21. The SMILES string of the molecule is CCc1cccc(-c2ccc(-c3ccccc3C)[n+](C)c2)c1.Cc1cccc(-c2ccc(-c3ccccc3C)[n+](C)c2)c1.Cc1ccccc1-c1ccc(-c2ccc(C3CCCC3)cc2)c[n+]1C.Cc1ccccc1-c1ccc(-c2ccc(C3CCCCC3)cc2)c[n+]1C. The summed E-state index contributed by atoms with van der Waals surface area (Å²) in [5.74, 6) is 1.56. The zero-order valence-corrected chi connectivity index (χ0v) is 57.4. The van der Waals surface area contributed by atoms with Gasteiger partial charge in [0.2, 0.25) is 22.8 Å². The minimum atomic E-state index is 0.775. The van der Waals surface area contributed by atoms with Gasteiger partial charge in [-0.3, -0.25) is 0 Å². The molecule has 4 heteroatoms. The van der Waals surface area contributed by atoms with Crippen molar-refractivity contribution >= 4 is 0 Å². The van der Waals surface area contributed by atoms with E-state index in [1.807, 2.05) is 0 Å². The molecule has 472 valence electrons. The number of hydrogen-bond acceptors (Lipinski definition) is 0. The molecular weight excluding hydrogens is 1140 g/mol. The average Bonchev–Trinajstić information content (AvgIpc) is 1.01. The number of rotatable bonds is 11. The predicted octanol–water partition coefficient (Wildman–Crippen LogP) is 21.2. The average molecular weight is 1230 g/mol. The van der Waals surface area contributed by atoms with Gasteiger partial charge in [-0.1, -0.05) is 214 Å². The van der Waals surface area contributed by atoms with Gasteiger partial charge in [-0.2, -0.15) is 0 Å². The molecule has 0 amide bonds. The molecule has 0 radical (unpaired) electrons. The molecule has 2 aliphatic rings. The van der Waals surface area contributed by atoms with E-state index >= 15 is 0 Å². The molecule has 2 fully saturated rings. The summed E-state index contributed by atoms with van der Waals surface area (Å²) in [6.07, 6.45) is 22.4. The van der Waals surface area contributed by atoms with Crippen molar-refractivity contribution in [2.45, 2.75) is 118 Å². The minimum absolute atomic E-state index is 0.775. The molecule has 0 atom stereocenters. The highest BCUT2D eigenvalue weighted by atomic mass is 14.9. The molecule has 8 aromatic carbocycles. The first-order chi connectivity index (χ1) is 45.8. The van der Waals surface area contributed by atoms with Crippen LogP contribution in [0.5, 0.6) is 0 Å². The third-order valence-electron chi connectivity index (χ3n) is 19.6. The van der Waals surface area contributed by atoms with Crippen LogP contribution >= 0.6 is 0 Å². The van der Waals surface area contributed by atoms with Crippen molar-refractivity contribution in [3.8, 4) is 89.5 Å². The normalized spacial score (nSPS) is 13.0. The molecule has 4 nitrogen and oxygen atoms in total. The molecule has 12 aromatic rings. The van der Waals surface area contributed by atoms with Crippen molar-refractivity contribution in [1.82, 2.24) is 0 Å². The molecule has 0 saturated heterocycles. The quantitative estimate of drug-likeness (QED) is 0.115. The molecule has 0 bridgehead atoms. The van der Waals surface area contributed by atoms with Crippen LogP contribution in [0.2, 0.25) is 0 Å². The van der Waals surface area contributed by atoms with Gasteiger partial charge < -0.3 is 0 Å². The standard InChI is InChI=1S/C25H28N.C24H26N.C21H22N.C20H20N/c1-19-8-6-7-11-24(19)25-17-16-23(18-26(25)2)22-14-12-21(13-15-22)20-9-4-3-5-10-20;1-18-7-3-6-10-23(18)24-16-15-22(17-25(24)2)21-13-11-20(12-14-21)19-8-4-5-9-19;1-4-17-9-7-10-18(14-17)19-12-13-21(22(3)15-19)20-11-6-5-8-16(20)2;1-15-7-6-9-17(13-15)18-11-12-20(21(3)14-18)19-10-5-4-8-16(19)2/h6-8,11-18,20H,3-5,9-10H2,1-2H3;3,6-7,10-17,19H,4-5,8-9H2,1-2H3;5-15H,4H2,1-3H3;4-14H,1-3H3/q4*+1. The maximum atomic E-state index is 2.35. The number of nitrogens with zero attached hydrogens (tertiary/aromatic N) is 4. The van der Waals surface area contributed by atoms with E-state index in [1.165, 1.54) is 192 Å². The van der Waals surface area contributed by atoms with Crippen molar-refractivity contribution in [2.24, 2.45) is 28.2 Å². The molecule has 14 rings (SSSR count). The lowest BCUT2D eigenvalue weighted by Gasteiger charge is -2.22. The van der Waals surface area contributed by atoms with E-state index < -0.39 is 0 Å². The monoisotopic (exact) mass is 1230 g/mol. The van der Waals surface area contributed by atoms with E-state index in [-0.39, 0.29) is 0 Å². The second-order valence-electron chi connectivity index (χ2n) is 26.4. The van der Waals surface area contributed by atoms with E-state index in [4.69, 9.17) is 0 Å². The van der Waals surface area contributed by atoms with Gasteiger partial charge in [-0.25, -0.2) is 18.3 Å². The highest BCUT2D eigenvalue weighted by Crippen LogP contribution is 2.37. The number of benzene rings is 8. The van der Waals surface area contributed by atoms with Crippen LogP contribution in [-0.4, -0.2) is 0 Å². The number of pyridine rings is 4. The molecule has 0 aliphatic heterocycles. The van der Waals surface area contributed by atoms with Gasteiger partial charge in [-0.15, -0.1) is 0 Å². The lowest BCUT2D eigenvalue weighted by molar-refractivity contribution is -0.660. The number of aromatic nitrogens is 4. The van der Waals surface area contributed by atoms with Crippen molar-refractivity contribution in [2.75, 3.05) is 0 Å². The van der Waals surface area contributed by atoms with Gasteiger partial charge in [0.1, 0.15) is 28.2 Å². The summed E-state index contributed by atoms with van der Waals surface area (Å²) in [5, 5.41) is 0. The fourth-order valence-electron chi connectivity index (χ4n) is 14.1. The maximum absolute atomic E-state index is 2.35. The molecule has 4 aromatic heterocycles. The number of hydrogen-bond donors (Lipinski definition) is 0. The van der Waals surface area contributed by atoms with Crippen LogP contribution in [-0.2, 0) is 34.6 Å².